The van der Waals surface area contributed by atoms with E-state index >= 15 is 0 Å². The lowest BCUT2D eigenvalue weighted by Gasteiger charge is -2.40. The fourth-order valence-electron chi connectivity index (χ4n) is 3.07. The van der Waals surface area contributed by atoms with Crippen LogP contribution in [0.25, 0.3) is 0 Å². The predicted molar refractivity (Wildman–Crippen MR) is 89.3 cm³/mol. The number of carbonyl (C=O) groups is 3. The quantitative estimate of drug-likeness (QED) is 0.824. The Morgan fingerprint density at radius 2 is 1.83 bits per heavy atom. The molecule has 7 nitrogen and oxygen atoms in total. The molecule has 24 heavy (non-hydrogen) atoms. The Labute approximate surface area is 143 Å². The highest BCUT2D eigenvalue weighted by molar-refractivity contribution is 5.89. The third-order valence-electron chi connectivity index (χ3n) is 4.66. The summed E-state index contributed by atoms with van der Waals surface area (Å²) in [5.41, 5.74) is -0.854. The van der Waals surface area contributed by atoms with Crippen molar-refractivity contribution in [1.82, 2.24) is 15.1 Å². The molecule has 0 spiro atoms. The molecule has 2 fully saturated rings. The third-order valence-corrected chi connectivity index (χ3v) is 4.66. The van der Waals surface area contributed by atoms with E-state index in [-0.39, 0.29) is 35.8 Å². The van der Waals surface area contributed by atoms with E-state index in [4.69, 9.17) is 4.74 Å². The molecule has 0 saturated carbocycles. The highest BCUT2D eigenvalue weighted by Crippen LogP contribution is 2.25. The van der Waals surface area contributed by atoms with Crippen LogP contribution in [0.3, 0.4) is 0 Å². The number of piperidine rings is 1. The summed E-state index contributed by atoms with van der Waals surface area (Å²) in [6.45, 7) is 9.12. The Kier molecular flexibility index (Phi) is 5.11. The zero-order valence-electron chi connectivity index (χ0n) is 15.3. The normalized spacial score (nSPS) is 24.0. The fourth-order valence-corrected chi connectivity index (χ4v) is 3.07. The maximum Gasteiger partial charge on any atom is 0.410 e. The molecule has 3 amide bonds. The Bertz CT molecular complexity index is 518. The van der Waals surface area contributed by atoms with Crippen LogP contribution in [0.5, 0.6) is 0 Å². The lowest BCUT2D eigenvalue weighted by Crippen LogP contribution is -2.56. The molecule has 0 aliphatic carbocycles. The van der Waals surface area contributed by atoms with E-state index in [1.165, 1.54) is 0 Å². The second kappa shape index (κ2) is 6.61. The van der Waals surface area contributed by atoms with Gasteiger partial charge in [-0.05, 0) is 40.5 Å². The van der Waals surface area contributed by atoms with Gasteiger partial charge in [0.15, 0.2) is 0 Å². The van der Waals surface area contributed by atoms with Gasteiger partial charge in [-0.15, -0.1) is 0 Å². The van der Waals surface area contributed by atoms with Crippen LogP contribution in [0.4, 0.5) is 4.79 Å². The molecule has 2 heterocycles. The van der Waals surface area contributed by atoms with E-state index < -0.39 is 5.60 Å². The Hall–Kier alpha value is -1.79. The molecule has 1 N–H and O–H groups in total. The van der Waals surface area contributed by atoms with Crippen molar-refractivity contribution >= 4 is 17.9 Å². The number of nitrogens with one attached hydrogen (secondary N) is 1. The van der Waals surface area contributed by atoms with Gasteiger partial charge in [-0.1, -0.05) is 0 Å². The molecule has 0 bridgehead atoms. The van der Waals surface area contributed by atoms with E-state index in [0.717, 1.165) is 0 Å². The summed E-state index contributed by atoms with van der Waals surface area (Å²) >= 11 is 0. The van der Waals surface area contributed by atoms with Crippen molar-refractivity contribution in [1.29, 1.82) is 0 Å². The van der Waals surface area contributed by atoms with Crippen molar-refractivity contribution in [3.63, 3.8) is 0 Å². The van der Waals surface area contributed by atoms with Crippen LogP contribution < -0.4 is 5.32 Å². The van der Waals surface area contributed by atoms with Gasteiger partial charge in [0.25, 0.3) is 0 Å². The Morgan fingerprint density at radius 1 is 1.25 bits per heavy atom. The highest BCUT2D eigenvalue weighted by Gasteiger charge is 2.38. The van der Waals surface area contributed by atoms with Gasteiger partial charge >= 0.3 is 6.09 Å². The summed E-state index contributed by atoms with van der Waals surface area (Å²) in [6, 6.07) is 0. The smallest absolute Gasteiger partial charge is 0.410 e. The van der Waals surface area contributed by atoms with E-state index in [2.05, 4.69) is 5.32 Å². The van der Waals surface area contributed by atoms with Crippen LogP contribution in [-0.2, 0) is 14.3 Å². The molecule has 2 saturated heterocycles. The molecule has 0 aromatic rings. The number of hydrogen-bond donors (Lipinski definition) is 1. The molecule has 2 rings (SSSR count). The van der Waals surface area contributed by atoms with Crippen LogP contribution >= 0.6 is 0 Å². The topological polar surface area (TPSA) is 79.0 Å². The van der Waals surface area contributed by atoms with Crippen molar-refractivity contribution < 1.29 is 19.1 Å². The molecule has 1 atom stereocenters. The number of rotatable bonds is 2. The highest BCUT2D eigenvalue weighted by atomic mass is 16.6. The van der Waals surface area contributed by atoms with Crippen LogP contribution in [0.2, 0.25) is 0 Å². The van der Waals surface area contributed by atoms with Gasteiger partial charge in [-0.3, -0.25) is 9.59 Å². The minimum Gasteiger partial charge on any atom is -0.444 e. The van der Waals surface area contributed by atoms with Gasteiger partial charge in [0.05, 0.1) is 5.92 Å². The fraction of sp³-hybridized carbons (Fsp3) is 0.824. The first-order chi connectivity index (χ1) is 11.0. The molecule has 1 unspecified atom stereocenters. The average molecular weight is 339 g/mol. The Balaban J connectivity index is 1.85. The lowest BCUT2D eigenvalue weighted by molar-refractivity contribution is -0.129. The van der Waals surface area contributed by atoms with E-state index in [1.807, 2.05) is 27.7 Å². The maximum atomic E-state index is 12.4. The second-order valence-electron chi connectivity index (χ2n) is 8.19. The van der Waals surface area contributed by atoms with Gasteiger partial charge < -0.3 is 19.9 Å². The first kappa shape index (κ1) is 18.5. The number of hydrogen-bond acceptors (Lipinski definition) is 4. The number of carbonyl (C=O) groups excluding carboxylic acids is 3. The molecule has 0 aromatic heterocycles. The number of nitrogens with zero attached hydrogens (tertiary/aromatic N) is 2. The number of likely N-dealkylation sites (tertiary alicyclic amines) is 2. The van der Waals surface area contributed by atoms with Crippen molar-refractivity contribution in [2.75, 3.05) is 26.7 Å². The summed E-state index contributed by atoms with van der Waals surface area (Å²) in [4.78, 5) is 39.4. The summed E-state index contributed by atoms with van der Waals surface area (Å²) in [5.74, 6) is -0.329. The van der Waals surface area contributed by atoms with Gasteiger partial charge in [0, 0.05) is 38.6 Å². The van der Waals surface area contributed by atoms with Crippen molar-refractivity contribution in [3.8, 4) is 0 Å². The monoisotopic (exact) mass is 339 g/mol. The molecule has 136 valence electrons. The van der Waals surface area contributed by atoms with Gasteiger partial charge in [-0.2, -0.15) is 0 Å². The van der Waals surface area contributed by atoms with Crippen LogP contribution in [-0.4, -0.2) is 65.5 Å². The molecular formula is C17H29N3O4. The number of ether oxygens (including phenoxy) is 1. The van der Waals surface area contributed by atoms with Crippen LogP contribution in [0.15, 0.2) is 0 Å². The predicted octanol–water partition coefficient (Wildman–Crippen LogP) is 1.37. The standard InChI is InChI=1S/C17H29N3O4/c1-16(2,3)24-15(23)20-8-6-17(4,7-9-20)18-14(22)12-10-13(21)19(5)11-12/h12H,6-11H2,1-5H3,(H,18,22). The first-order valence-electron chi connectivity index (χ1n) is 8.53. The lowest BCUT2D eigenvalue weighted by atomic mass is 9.89. The SMILES string of the molecule is CN1CC(C(=O)NC2(C)CCN(C(=O)OC(C)(C)C)CC2)CC1=O. The van der Waals surface area contributed by atoms with Gasteiger partial charge in [0.2, 0.25) is 11.8 Å². The maximum absolute atomic E-state index is 12.4. The van der Waals surface area contributed by atoms with Crippen molar-refractivity contribution in [3.05, 3.63) is 0 Å². The first-order valence-corrected chi connectivity index (χ1v) is 8.53. The molecule has 2 aliphatic rings. The van der Waals surface area contributed by atoms with Crippen molar-refractivity contribution in [2.24, 2.45) is 5.92 Å². The van der Waals surface area contributed by atoms with E-state index in [9.17, 15) is 14.4 Å². The molecular weight excluding hydrogens is 310 g/mol. The van der Waals surface area contributed by atoms with Crippen LogP contribution in [0, 0.1) is 5.92 Å². The molecule has 0 radical (unpaired) electrons. The summed E-state index contributed by atoms with van der Waals surface area (Å²) in [7, 11) is 1.72. The van der Waals surface area contributed by atoms with Gasteiger partial charge in [-0.25, -0.2) is 4.79 Å². The molecule has 0 aromatic carbocycles. The summed E-state index contributed by atoms with van der Waals surface area (Å²) in [6.07, 6.45) is 1.32. The summed E-state index contributed by atoms with van der Waals surface area (Å²) < 4.78 is 5.39. The zero-order valence-corrected chi connectivity index (χ0v) is 15.3. The minimum absolute atomic E-state index is 0.0139. The Morgan fingerprint density at radius 3 is 2.29 bits per heavy atom. The van der Waals surface area contributed by atoms with Crippen LogP contribution in [0.1, 0.15) is 47.0 Å². The minimum atomic E-state index is -0.507. The largest absolute Gasteiger partial charge is 0.444 e. The zero-order chi connectivity index (χ0) is 18.1. The second-order valence-corrected chi connectivity index (χ2v) is 8.19. The molecule has 7 heteroatoms. The third kappa shape index (κ3) is 4.61. The summed E-state index contributed by atoms with van der Waals surface area (Å²) in [5, 5.41) is 3.09. The van der Waals surface area contributed by atoms with E-state index in [1.54, 1.807) is 16.8 Å². The van der Waals surface area contributed by atoms with E-state index in [0.29, 0.717) is 32.5 Å². The average Bonchev–Trinajstić information content (AvgIpc) is 2.77. The van der Waals surface area contributed by atoms with Crippen molar-refractivity contribution in [2.45, 2.75) is 58.1 Å². The number of amides is 3. The molecule has 2 aliphatic heterocycles. The van der Waals surface area contributed by atoms with Gasteiger partial charge in [0.1, 0.15) is 5.60 Å².